The Balaban J connectivity index is 1.35. The second-order valence-corrected chi connectivity index (χ2v) is 8.98. The van der Waals surface area contributed by atoms with Crippen molar-refractivity contribution in [3.63, 3.8) is 0 Å². The van der Waals surface area contributed by atoms with Gasteiger partial charge in [-0.1, -0.05) is 18.9 Å². The van der Waals surface area contributed by atoms with Crippen molar-refractivity contribution in [2.24, 2.45) is 0 Å². The third-order valence-electron chi connectivity index (χ3n) is 7.10. The number of aliphatic hydroxyl groups is 1. The summed E-state index contributed by atoms with van der Waals surface area (Å²) in [4.78, 5) is 0. The molecule has 27 heavy (non-hydrogen) atoms. The van der Waals surface area contributed by atoms with Crippen LogP contribution in [0.5, 0.6) is 0 Å². The highest BCUT2D eigenvalue weighted by Gasteiger charge is 2.67. The SMILES string of the molecule is C=CC[C@]1(O)[C@@H]([C@H]2COC3(CCCCC3)O2)O[C@@H]2OC3(CCCCC3)O[C@@H]21. The quantitative estimate of drug-likeness (QED) is 0.759. The van der Waals surface area contributed by atoms with Gasteiger partial charge in [0.1, 0.15) is 23.9 Å². The Labute approximate surface area is 161 Å². The molecule has 5 fully saturated rings. The Morgan fingerprint density at radius 3 is 2.19 bits per heavy atom. The first-order valence-electron chi connectivity index (χ1n) is 10.7. The molecule has 0 aromatic carbocycles. The maximum atomic E-state index is 11.6. The van der Waals surface area contributed by atoms with Crippen LogP contribution in [-0.4, -0.2) is 53.5 Å². The lowest BCUT2D eigenvalue weighted by Crippen LogP contribution is -2.54. The van der Waals surface area contributed by atoms with E-state index >= 15 is 0 Å². The summed E-state index contributed by atoms with van der Waals surface area (Å²) in [5.41, 5.74) is -1.21. The summed E-state index contributed by atoms with van der Waals surface area (Å²) in [7, 11) is 0. The molecule has 6 nitrogen and oxygen atoms in total. The summed E-state index contributed by atoms with van der Waals surface area (Å²) >= 11 is 0. The van der Waals surface area contributed by atoms with E-state index < -0.39 is 35.7 Å². The van der Waals surface area contributed by atoms with Crippen LogP contribution in [-0.2, 0) is 23.7 Å². The van der Waals surface area contributed by atoms with Gasteiger partial charge in [0.25, 0.3) is 0 Å². The molecule has 2 spiro atoms. The average molecular weight is 380 g/mol. The van der Waals surface area contributed by atoms with Crippen molar-refractivity contribution in [1.29, 1.82) is 0 Å². The second-order valence-electron chi connectivity index (χ2n) is 8.98. The second kappa shape index (κ2) is 6.78. The smallest absolute Gasteiger partial charge is 0.190 e. The van der Waals surface area contributed by atoms with Gasteiger partial charge in [-0.15, -0.1) is 6.58 Å². The summed E-state index contributed by atoms with van der Waals surface area (Å²) in [6.45, 7) is 4.29. The highest BCUT2D eigenvalue weighted by molar-refractivity contribution is 5.11. The van der Waals surface area contributed by atoms with Gasteiger partial charge in [-0.25, -0.2) is 0 Å². The van der Waals surface area contributed by atoms with Crippen LogP contribution in [0.4, 0.5) is 0 Å². The number of fused-ring (bicyclic) bond motifs is 1. The lowest BCUT2D eigenvalue weighted by molar-refractivity contribution is -0.272. The highest BCUT2D eigenvalue weighted by atomic mass is 16.8. The van der Waals surface area contributed by atoms with E-state index in [4.69, 9.17) is 23.7 Å². The van der Waals surface area contributed by atoms with Crippen LogP contribution in [0, 0.1) is 0 Å². The first kappa shape index (κ1) is 18.5. The molecular formula is C21H32O6. The Morgan fingerprint density at radius 1 is 0.852 bits per heavy atom. The van der Waals surface area contributed by atoms with Crippen molar-refractivity contribution in [3.8, 4) is 0 Å². The predicted molar refractivity (Wildman–Crippen MR) is 96.8 cm³/mol. The Hall–Kier alpha value is -0.500. The topological polar surface area (TPSA) is 66.4 Å². The molecule has 0 unspecified atom stereocenters. The normalized spacial score (nSPS) is 45.4. The molecule has 3 saturated heterocycles. The van der Waals surface area contributed by atoms with Gasteiger partial charge in [0, 0.05) is 25.7 Å². The van der Waals surface area contributed by atoms with Gasteiger partial charge in [0.2, 0.25) is 0 Å². The van der Waals surface area contributed by atoms with E-state index in [-0.39, 0.29) is 6.10 Å². The molecule has 0 amide bonds. The largest absolute Gasteiger partial charge is 0.384 e. The molecule has 0 aromatic heterocycles. The van der Waals surface area contributed by atoms with Crippen LogP contribution < -0.4 is 0 Å². The molecule has 0 radical (unpaired) electrons. The summed E-state index contributed by atoms with van der Waals surface area (Å²) in [6, 6.07) is 0. The number of hydrogen-bond acceptors (Lipinski definition) is 6. The van der Waals surface area contributed by atoms with Crippen molar-refractivity contribution < 1.29 is 28.8 Å². The van der Waals surface area contributed by atoms with Gasteiger partial charge in [-0.05, 0) is 32.1 Å². The van der Waals surface area contributed by atoms with E-state index in [1.54, 1.807) is 6.08 Å². The molecule has 3 heterocycles. The molecule has 3 aliphatic heterocycles. The van der Waals surface area contributed by atoms with E-state index in [1.165, 1.54) is 12.8 Å². The molecule has 152 valence electrons. The third-order valence-corrected chi connectivity index (χ3v) is 7.10. The molecule has 2 saturated carbocycles. The molecule has 5 atom stereocenters. The minimum absolute atomic E-state index is 0.312. The van der Waals surface area contributed by atoms with E-state index in [9.17, 15) is 5.11 Å². The average Bonchev–Trinajstić information content (AvgIpc) is 3.30. The fourth-order valence-electron chi connectivity index (χ4n) is 5.73. The summed E-state index contributed by atoms with van der Waals surface area (Å²) in [5.74, 6) is -1.09. The number of ether oxygens (including phenoxy) is 5. The fraction of sp³-hybridized carbons (Fsp3) is 0.905. The Morgan fingerprint density at radius 2 is 1.52 bits per heavy atom. The van der Waals surface area contributed by atoms with Crippen molar-refractivity contribution in [2.75, 3.05) is 6.61 Å². The number of hydrogen-bond donors (Lipinski definition) is 1. The molecule has 1 N–H and O–H groups in total. The molecular weight excluding hydrogens is 348 g/mol. The van der Waals surface area contributed by atoms with E-state index in [1.807, 2.05) is 0 Å². The minimum atomic E-state index is -1.21. The van der Waals surface area contributed by atoms with Crippen molar-refractivity contribution in [3.05, 3.63) is 12.7 Å². The fourth-order valence-corrected chi connectivity index (χ4v) is 5.73. The zero-order valence-corrected chi connectivity index (χ0v) is 16.1. The lowest BCUT2D eigenvalue weighted by atomic mass is 9.86. The van der Waals surface area contributed by atoms with Gasteiger partial charge in [-0.2, -0.15) is 0 Å². The third kappa shape index (κ3) is 3.00. The predicted octanol–water partition coefficient (Wildman–Crippen LogP) is 3.17. The minimum Gasteiger partial charge on any atom is -0.384 e. The van der Waals surface area contributed by atoms with Gasteiger partial charge in [0.05, 0.1) is 6.61 Å². The molecule has 2 aliphatic carbocycles. The lowest BCUT2D eigenvalue weighted by Gasteiger charge is -2.39. The summed E-state index contributed by atoms with van der Waals surface area (Å²) < 4.78 is 31.3. The van der Waals surface area contributed by atoms with Gasteiger partial charge >= 0.3 is 0 Å². The van der Waals surface area contributed by atoms with Crippen LogP contribution in [0.25, 0.3) is 0 Å². The van der Waals surface area contributed by atoms with Crippen molar-refractivity contribution in [1.82, 2.24) is 0 Å². The molecule has 6 heteroatoms. The van der Waals surface area contributed by atoms with Crippen LogP contribution in [0.2, 0.25) is 0 Å². The summed E-state index contributed by atoms with van der Waals surface area (Å²) in [6.07, 6.45) is 10.6. The molecule has 5 rings (SSSR count). The van der Waals surface area contributed by atoms with Crippen molar-refractivity contribution >= 4 is 0 Å². The van der Waals surface area contributed by atoms with Crippen LogP contribution in [0.15, 0.2) is 12.7 Å². The van der Waals surface area contributed by atoms with E-state index in [0.29, 0.717) is 13.0 Å². The van der Waals surface area contributed by atoms with E-state index in [2.05, 4.69) is 6.58 Å². The zero-order chi connectivity index (χ0) is 18.5. The zero-order valence-electron chi connectivity index (χ0n) is 16.1. The number of rotatable bonds is 3. The molecule has 0 bridgehead atoms. The molecule has 5 aliphatic rings. The van der Waals surface area contributed by atoms with Crippen LogP contribution >= 0.6 is 0 Å². The highest BCUT2D eigenvalue weighted by Crippen LogP contribution is 2.51. The van der Waals surface area contributed by atoms with Gasteiger partial charge < -0.3 is 28.8 Å². The first-order valence-corrected chi connectivity index (χ1v) is 10.7. The monoisotopic (exact) mass is 380 g/mol. The first-order chi connectivity index (χ1) is 13.1. The maximum absolute atomic E-state index is 11.6. The van der Waals surface area contributed by atoms with Crippen molar-refractivity contribution in [2.45, 2.75) is 112 Å². The molecule has 0 aromatic rings. The Bertz CT molecular complexity index is 567. The Kier molecular flexibility index (Phi) is 4.65. The van der Waals surface area contributed by atoms with Gasteiger partial charge in [-0.3, -0.25) is 0 Å². The van der Waals surface area contributed by atoms with Crippen LogP contribution in [0.3, 0.4) is 0 Å². The maximum Gasteiger partial charge on any atom is 0.190 e. The van der Waals surface area contributed by atoms with Gasteiger partial charge in [0.15, 0.2) is 17.9 Å². The summed E-state index contributed by atoms with van der Waals surface area (Å²) in [5, 5.41) is 11.6. The standard InChI is InChI=1S/C21H32O6/c1-2-9-21(22)16(15-14-23-19(25-15)10-5-3-6-11-19)24-18-17(21)26-20(27-18)12-7-4-8-13-20/h2,15-18,22H,1,3-14H2/t15-,16-,17+,18-,21+/m1/s1. The van der Waals surface area contributed by atoms with E-state index in [0.717, 1.165) is 51.4 Å². The van der Waals surface area contributed by atoms with Crippen LogP contribution in [0.1, 0.15) is 70.6 Å².